The van der Waals surface area contributed by atoms with E-state index in [-0.39, 0.29) is 0 Å². The van der Waals surface area contributed by atoms with Gasteiger partial charge in [-0.15, -0.1) is 11.3 Å². The maximum Gasteiger partial charge on any atom is 0.171 e. The molecule has 0 aliphatic heterocycles. The zero-order valence-corrected chi connectivity index (χ0v) is 13.4. The molecule has 0 saturated carbocycles. The smallest absolute Gasteiger partial charge is 0.171 e. The average molecular weight is 321 g/mol. The van der Waals surface area contributed by atoms with Gasteiger partial charge in [-0.1, -0.05) is 11.6 Å². The SMILES string of the molecule is COc1cc2nc(-c3sccc3C)nc(Cl)c2cc1OC. The number of aromatic nitrogens is 2. The van der Waals surface area contributed by atoms with Crippen LogP contribution in [0.3, 0.4) is 0 Å². The number of nitrogens with zero attached hydrogens (tertiary/aromatic N) is 2. The lowest BCUT2D eigenvalue weighted by Gasteiger charge is -2.10. The molecule has 4 nitrogen and oxygen atoms in total. The molecule has 0 N–H and O–H groups in total. The Morgan fingerprint density at radius 3 is 2.43 bits per heavy atom. The topological polar surface area (TPSA) is 44.2 Å². The number of thiophene rings is 1. The van der Waals surface area contributed by atoms with E-state index in [2.05, 4.69) is 9.97 Å². The second-order valence-corrected chi connectivity index (χ2v) is 5.77. The Morgan fingerprint density at radius 1 is 1.10 bits per heavy atom. The Bertz CT molecular complexity index is 817. The van der Waals surface area contributed by atoms with Gasteiger partial charge in [0.2, 0.25) is 0 Å². The minimum absolute atomic E-state index is 0.406. The van der Waals surface area contributed by atoms with Crippen molar-refractivity contribution in [3.05, 3.63) is 34.3 Å². The van der Waals surface area contributed by atoms with Gasteiger partial charge in [0.05, 0.1) is 24.6 Å². The fourth-order valence-corrected chi connectivity index (χ4v) is 3.21. The molecule has 21 heavy (non-hydrogen) atoms. The van der Waals surface area contributed by atoms with Crippen LogP contribution >= 0.6 is 22.9 Å². The van der Waals surface area contributed by atoms with Crippen LogP contribution in [0.5, 0.6) is 11.5 Å². The van der Waals surface area contributed by atoms with E-state index in [1.165, 1.54) is 0 Å². The molecule has 0 spiro atoms. The largest absolute Gasteiger partial charge is 0.493 e. The van der Waals surface area contributed by atoms with E-state index in [4.69, 9.17) is 21.1 Å². The molecule has 0 aliphatic rings. The standard InChI is InChI=1S/C15H13ClN2O2S/c1-8-4-5-21-13(8)15-17-10-7-12(20-3)11(19-2)6-9(10)14(16)18-15/h4-7H,1-3H3. The zero-order chi connectivity index (χ0) is 15.0. The number of methoxy groups -OCH3 is 2. The van der Waals surface area contributed by atoms with Crippen molar-refractivity contribution < 1.29 is 9.47 Å². The van der Waals surface area contributed by atoms with Crippen LogP contribution < -0.4 is 9.47 Å². The minimum Gasteiger partial charge on any atom is -0.493 e. The fourth-order valence-electron chi connectivity index (χ4n) is 2.12. The summed E-state index contributed by atoms with van der Waals surface area (Å²) in [4.78, 5) is 10.0. The molecule has 0 radical (unpaired) electrons. The summed E-state index contributed by atoms with van der Waals surface area (Å²) in [5.74, 6) is 1.86. The summed E-state index contributed by atoms with van der Waals surface area (Å²) < 4.78 is 10.6. The van der Waals surface area contributed by atoms with Crippen molar-refractivity contribution in [3.8, 4) is 22.2 Å². The van der Waals surface area contributed by atoms with Crippen molar-refractivity contribution in [1.29, 1.82) is 0 Å². The molecular formula is C15H13ClN2O2S. The van der Waals surface area contributed by atoms with Crippen molar-refractivity contribution in [3.63, 3.8) is 0 Å². The van der Waals surface area contributed by atoms with Crippen LogP contribution in [0.25, 0.3) is 21.6 Å². The summed E-state index contributed by atoms with van der Waals surface area (Å²) in [5, 5.41) is 3.16. The fraction of sp³-hybridized carbons (Fsp3) is 0.200. The highest BCUT2D eigenvalue weighted by molar-refractivity contribution is 7.13. The van der Waals surface area contributed by atoms with Gasteiger partial charge in [-0.05, 0) is 30.0 Å². The normalized spacial score (nSPS) is 10.9. The van der Waals surface area contributed by atoms with Crippen LogP contribution in [-0.2, 0) is 0 Å². The minimum atomic E-state index is 0.406. The number of hydrogen-bond acceptors (Lipinski definition) is 5. The van der Waals surface area contributed by atoms with E-state index in [1.807, 2.05) is 24.4 Å². The molecule has 0 atom stereocenters. The van der Waals surface area contributed by atoms with Gasteiger partial charge in [0.25, 0.3) is 0 Å². The molecule has 0 fully saturated rings. The highest BCUT2D eigenvalue weighted by Crippen LogP contribution is 2.36. The lowest BCUT2D eigenvalue weighted by molar-refractivity contribution is 0.356. The van der Waals surface area contributed by atoms with E-state index in [0.717, 1.165) is 21.3 Å². The predicted molar refractivity (Wildman–Crippen MR) is 85.7 cm³/mol. The van der Waals surface area contributed by atoms with Gasteiger partial charge in [0.15, 0.2) is 17.3 Å². The first-order valence-electron chi connectivity index (χ1n) is 6.27. The van der Waals surface area contributed by atoms with Crippen LogP contribution in [0.1, 0.15) is 5.56 Å². The Kier molecular flexibility index (Phi) is 3.69. The van der Waals surface area contributed by atoms with Gasteiger partial charge in [-0.2, -0.15) is 0 Å². The molecule has 0 unspecified atom stereocenters. The maximum absolute atomic E-state index is 6.31. The van der Waals surface area contributed by atoms with Crippen molar-refractivity contribution >= 4 is 33.8 Å². The molecule has 0 aliphatic carbocycles. The molecule has 2 heterocycles. The second-order valence-electron chi connectivity index (χ2n) is 4.50. The molecule has 0 bridgehead atoms. The first-order valence-corrected chi connectivity index (χ1v) is 7.53. The number of halogens is 1. The molecule has 6 heteroatoms. The van der Waals surface area contributed by atoms with Gasteiger partial charge in [0.1, 0.15) is 5.15 Å². The van der Waals surface area contributed by atoms with Crippen LogP contribution in [0, 0.1) is 6.92 Å². The number of rotatable bonds is 3. The third-order valence-electron chi connectivity index (χ3n) is 3.22. The van der Waals surface area contributed by atoms with E-state index in [1.54, 1.807) is 31.6 Å². The van der Waals surface area contributed by atoms with Gasteiger partial charge in [-0.25, -0.2) is 9.97 Å². The highest BCUT2D eigenvalue weighted by Gasteiger charge is 2.14. The number of fused-ring (bicyclic) bond motifs is 1. The third-order valence-corrected chi connectivity index (χ3v) is 4.52. The summed E-state index contributed by atoms with van der Waals surface area (Å²) in [6, 6.07) is 5.64. The van der Waals surface area contributed by atoms with E-state index < -0.39 is 0 Å². The predicted octanol–water partition coefficient (Wildman–Crippen LogP) is 4.34. The molecular weight excluding hydrogens is 308 g/mol. The van der Waals surface area contributed by atoms with E-state index in [9.17, 15) is 0 Å². The summed E-state index contributed by atoms with van der Waals surface area (Å²) in [7, 11) is 3.18. The van der Waals surface area contributed by atoms with Crippen molar-refractivity contribution in [2.45, 2.75) is 6.92 Å². The molecule has 1 aromatic carbocycles. The van der Waals surface area contributed by atoms with Crippen LogP contribution in [0.4, 0.5) is 0 Å². The number of aryl methyl sites for hydroxylation is 1. The Hall–Kier alpha value is -1.85. The van der Waals surface area contributed by atoms with Gasteiger partial charge in [0, 0.05) is 11.5 Å². The number of benzene rings is 1. The summed E-state index contributed by atoms with van der Waals surface area (Å²) in [6.07, 6.45) is 0. The Balaban J connectivity index is 2.26. The first-order chi connectivity index (χ1) is 10.1. The molecule has 0 saturated heterocycles. The Morgan fingerprint density at radius 2 is 1.81 bits per heavy atom. The van der Waals surface area contributed by atoms with E-state index in [0.29, 0.717) is 22.5 Å². The van der Waals surface area contributed by atoms with Gasteiger partial charge in [-0.3, -0.25) is 0 Å². The van der Waals surface area contributed by atoms with Crippen LogP contribution in [0.2, 0.25) is 5.15 Å². The Labute approximate surface area is 131 Å². The zero-order valence-electron chi connectivity index (χ0n) is 11.8. The molecule has 3 aromatic rings. The third kappa shape index (κ3) is 2.43. The van der Waals surface area contributed by atoms with Crippen molar-refractivity contribution in [2.24, 2.45) is 0 Å². The highest BCUT2D eigenvalue weighted by atomic mass is 35.5. The molecule has 2 aromatic heterocycles. The second kappa shape index (κ2) is 5.50. The number of ether oxygens (including phenoxy) is 2. The van der Waals surface area contributed by atoms with Gasteiger partial charge >= 0.3 is 0 Å². The van der Waals surface area contributed by atoms with Crippen molar-refractivity contribution in [1.82, 2.24) is 9.97 Å². The quantitative estimate of drug-likeness (QED) is 0.673. The number of hydrogen-bond donors (Lipinski definition) is 0. The average Bonchev–Trinajstić information content (AvgIpc) is 2.92. The molecule has 108 valence electrons. The van der Waals surface area contributed by atoms with Gasteiger partial charge < -0.3 is 9.47 Å². The summed E-state index contributed by atoms with van der Waals surface area (Å²) >= 11 is 7.91. The monoisotopic (exact) mass is 320 g/mol. The van der Waals surface area contributed by atoms with Crippen LogP contribution in [-0.4, -0.2) is 24.2 Å². The molecule has 3 rings (SSSR count). The molecule has 0 amide bonds. The summed E-state index contributed by atoms with van der Waals surface area (Å²) in [6.45, 7) is 2.03. The van der Waals surface area contributed by atoms with E-state index >= 15 is 0 Å². The van der Waals surface area contributed by atoms with Crippen LogP contribution in [0.15, 0.2) is 23.6 Å². The summed E-state index contributed by atoms with van der Waals surface area (Å²) in [5.41, 5.74) is 1.87. The lowest BCUT2D eigenvalue weighted by atomic mass is 10.2. The maximum atomic E-state index is 6.31. The first kappa shape index (κ1) is 14.1. The lowest BCUT2D eigenvalue weighted by Crippen LogP contribution is -1.95. The van der Waals surface area contributed by atoms with Crippen molar-refractivity contribution in [2.75, 3.05) is 14.2 Å².